The SMILES string of the molecule is OCCCCCCC/C=C/CC1=CC(O)CC1. The largest absolute Gasteiger partial charge is 0.396 e. The van der Waals surface area contributed by atoms with Crippen molar-refractivity contribution in [1.82, 2.24) is 0 Å². The summed E-state index contributed by atoms with van der Waals surface area (Å²) in [5, 5.41) is 18.0. The second kappa shape index (κ2) is 9.43. The molecule has 1 rings (SSSR count). The van der Waals surface area contributed by atoms with Gasteiger partial charge >= 0.3 is 0 Å². The predicted molar refractivity (Wildman–Crippen MR) is 71.9 cm³/mol. The highest BCUT2D eigenvalue weighted by Crippen LogP contribution is 2.21. The van der Waals surface area contributed by atoms with Crippen LogP contribution >= 0.6 is 0 Å². The van der Waals surface area contributed by atoms with E-state index in [-0.39, 0.29) is 6.10 Å². The van der Waals surface area contributed by atoms with E-state index in [1.54, 1.807) is 0 Å². The van der Waals surface area contributed by atoms with Crippen molar-refractivity contribution in [2.45, 2.75) is 63.9 Å². The summed E-state index contributed by atoms with van der Waals surface area (Å²) in [6, 6.07) is 0. The summed E-state index contributed by atoms with van der Waals surface area (Å²) in [5.74, 6) is 0. The van der Waals surface area contributed by atoms with E-state index < -0.39 is 0 Å². The molecule has 17 heavy (non-hydrogen) atoms. The molecule has 98 valence electrons. The summed E-state index contributed by atoms with van der Waals surface area (Å²) in [6.07, 6.45) is 16.3. The summed E-state index contributed by atoms with van der Waals surface area (Å²) >= 11 is 0. The van der Waals surface area contributed by atoms with Gasteiger partial charge in [-0.15, -0.1) is 0 Å². The zero-order chi connectivity index (χ0) is 12.3. The maximum absolute atomic E-state index is 9.32. The molecule has 0 radical (unpaired) electrons. The Morgan fingerprint density at radius 2 is 1.88 bits per heavy atom. The van der Waals surface area contributed by atoms with Gasteiger partial charge in [-0.25, -0.2) is 0 Å². The van der Waals surface area contributed by atoms with Gasteiger partial charge in [0.1, 0.15) is 0 Å². The number of allylic oxidation sites excluding steroid dienone is 3. The Morgan fingerprint density at radius 3 is 2.59 bits per heavy atom. The van der Waals surface area contributed by atoms with Crippen LogP contribution in [0.25, 0.3) is 0 Å². The van der Waals surface area contributed by atoms with Gasteiger partial charge in [-0.1, -0.05) is 43.1 Å². The van der Waals surface area contributed by atoms with Crippen LogP contribution in [0.4, 0.5) is 0 Å². The van der Waals surface area contributed by atoms with E-state index in [9.17, 15) is 5.11 Å². The maximum Gasteiger partial charge on any atom is 0.0726 e. The third kappa shape index (κ3) is 7.35. The second-order valence-electron chi connectivity index (χ2n) is 4.89. The van der Waals surface area contributed by atoms with Crippen molar-refractivity contribution in [3.05, 3.63) is 23.8 Å². The molecule has 0 spiro atoms. The van der Waals surface area contributed by atoms with Crippen molar-refractivity contribution in [2.75, 3.05) is 6.61 Å². The van der Waals surface area contributed by atoms with Crippen molar-refractivity contribution >= 4 is 0 Å². The molecular formula is C15H26O2. The van der Waals surface area contributed by atoms with Gasteiger partial charge in [-0.05, 0) is 38.5 Å². The van der Waals surface area contributed by atoms with E-state index in [0.29, 0.717) is 6.61 Å². The van der Waals surface area contributed by atoms with Crippen LogP contribution < -0.4 is 0 Å². The van der Waals surface area contributed by atoms with Gasteiger partial charge in [0.2, 0.25) is 0 Å². The van der Waals surface area contributed by atoms with E-state index in [1.807, 2.05) is 6.08 Å². The minimum Gasteiger partial charge on any atom is -0.396 e. The van der Waals surface area contributed by atoms with Crippen molar-refractivity contribution < 1.29 is 10.2 Å². The first-order valence-corrected chi connectivity index (χ1v) is 6.96. The molecule has 2 nitrogen and oxygen atoms in total. The Balaban J connectivity index is 1.90. The van der Waals surface area contributed by atoms with Crippen LogP contribution in [0.3, 0.4) is 0 Å². The molecule has 1 unspecified atom stereocenters. The number of hydrogen-bond acceptors (Lipinski definition) is 2. The Labute approximate surface area is 105 Å². The van der Waals surface area contributed by atoms with Crippen molar-refractivity contribution in [1.29, 1.82) is 0 Å². The average Bonchev–Trinajstić information content (AvgIpc) is 2.73. The smallest absolute Gasteiger partial charge is 0.0726 e. The second-order valence-corrected chi connectivity index (χ2v) is 4.89. The van der Waals surface area contributed by atoms with Gasteiger partial charge in [0.25, 0.3) is 0 Å². The quantitative estimate of drug-likeness (QED) is 0.478. The Morgan fingerprint density at radius 1 is 1.12 bits per heavy atom. The average molecular weight is 238 g/mol. The van der Waals surface area contributed by atoms with Gasteiger partial charge < -0.3 is 10.2 Å². The molecule has 1 aliphatic carbocycles. The Bertz CT molecular complexity index is 243. The molecule has 0 aromatic rings. The van der Waals surface area contributed by atoms with Gasteiger partial charge in [0.15, 0.2) is 0 Å². The lowest BCUT2D eigenvalue weighted by Gasteiger charge is -1.98. The monoisotopic (exact) mass is 238 g/mol. The van der Waals surface area contributed by atoms with Crippen molar-refractivity contribution in [3.8, 4) is 0 Å². The highest BCUT2D eigenvalue weighted by atomic mass is 16.3. The molecule has 0 amide bonds. The normalized spacial score (nSPS) is 20.1. The first kappa shape index (κ1) is 14.5. The van der Waals surface area contributed by atoms with Gasteiger partial charge in [0.05, 0.1) is 6.10 Å². The molecule has 1 atom stereocenters. The Kier molecular flexibility index (Phi) is 8.02. The highest BCUT2D eigenvalue weighted by molar-refractivity contribution is 5.15. The summed E-state index contributed by atoms with van der Waals surface area (Å²) in [6.45, 7) is 0.334. The van der Waals surface area contributed by atoms with Crippen LogP contribution in [-0.2, 0) is 0 Å². The van der Waals surface area contributed by atoms with Crippen LogP contribution in [0.1, 0.15) is 57.8 Å². The number of unbranched alkanes of at least 4 members (excludes halogenated alkanes) is 5. The maximum atomic E-state index is 9.32. The zero-order valence-corrected chi connectivity index (χ0v) is 10.8. The van der Waals surface area contributed by atoms with Gasteiger partial charge in [-0.3, -0.25) is 0 Å². The molecule has 0 aliphatic heterocycles. The van der Waals surface area contributed by atoms with E-state index in [0.717, 1.165) is 38.5 Å². The summed E-state index contributed by atoms with van der Waals surface area (Å²) < 4.78 is 0. The fourth-order valence-corrected chi connectivity index (χ4v) is 2.20. The predicted octanol–water partition coefficient (Wildman–Crippen LogP) is 3.35. The van der Waals surface area contributed by atoms with Crippen LogP contribution in [0, 0.1) is 0 Å². The number of aliphatic hydroxyl groups is 2. The standard InChI is InChI=1S/C15H26O2/c16-12-8-6-4-2-1-3-5-7-9-14-10-11-15(17)13-14/h5,7,13,15-17H,1-4,6,8-12H2/b7-5+. The first-order valence-electron chi connectivity index (χ1n) is 6.96. The van der Waals surface area contributed by atoms with Crippen molar-refractivity contribution in [3.63, 3.8) is 0 Å². The third-order valence-corrected chi connectivity index (χ3v) is 3.26. The van der Waals surface area contributed by atoms with E-state index in [4.69, 9.17) is 5.11 Å². The Hall–Kier alpha value is -0.600. The third-order valence-electron chi connectivity index (χ3n) is 3.26. The van der Waals surface area contributed by atoms with Gasteiger partial charge in [-0.2, -0.15) is 0 Å². The highest BCUT2D eigenvalue weighted by Gasteiger charge is 2.10. The molecule has 0 aromatic carbocycles. The van der Waals surface area contributed by atoms with E-state index in [2.05, 4.69) is 12.2 Å². The molecule has 2 N–H and O–H groups in total. The summed E-state index contributed by atoms with van der Waals surface area (Å²) in [5.41, 5.74) is 1.39. The van der Waals surface area contributed by atoms with E-state index in [1.165, 1.54) is 24.8 Å². The van der Waals surface area contributed by atoms with Gasteiger partial charge in [0, 0.05) is 6.61 Å². The van der Waals surface area contributed by atoms with Crippen molar-refractivity contribution in [2.24, 2.45) is 0 Å². The minimum atomic E-state index is -0.190. The lowest BCUT2D eigenvalue weighted by Crippen LogP contribution is -1.93. The fraction of sp³-hybridized carbons (Fsp3) is 0.733. The lowest BCUT2D eigenvalue weighted by molar-refractivity contribution is 0.223. The topological polar surface area (TPSA) is 40.5 Å². The van der Waals surface area contributed by atoms with Crippen LogP contribution in [-0.4, -0.2) is 22.9 Å². The van der Waals surface area contributed by atoms with E-state index >= 15 is 0 Å². The molecule has 2 heteroatoms. The first-order chi connectivity index (χ1) is 8.33. The molecule has 0 aromatic heterocycles. The van der Waals surface area contributed by atoms with Crippen LogP contribution in [0.15, 0.2) is 23.8 Å². The number of rotatable bonds is 9. The summed E-state index contributed by atoms with van der Waals surface area (Å²) in [4.78, 5) is 0. The zero-order valence-electron chi connectivity index (χ0n) is 10.8. The molecule has 0 bridgehead atoms. The molecule has 1 aliphatic rings. The molecule has 0 fully saturated rings. The van der Waals surface area contributed by atoms with Crippen LogP contribution in [0.2, 0.25) is 0 Å². The molecular weight excluding hydrogens is 212 g/mol. The van der Waals surface area contributed by atoms with Crippen LogP contribution in [0.5, 0.6) is 0 Å². The molecule has 0 saturated heterocycles. The summed E-state index contributed by atoms with van der Waals surface area (Å²) in [7, 11) is 0. The number of hydrogen-bond donors (Lipinski definition) is 2. The number of aliphatic hydroxyl groups excluding tert-OH is 2. The molecule has 0 saturated carbocycles. The lowest BCUT2D eigenvalue weighted by atomic mass is 10.1. The molecule has 0 heterocycles. The minimum absolute atomic E-state index is 0.190. The fourth-order valence-electron chi connectivity index (χ4n) is 2.20.